The summed E-state index contributed by atoms with van der Waals surface area (Å²) in [6, 6.07) is 0. The van der Waals surface area contributed by atoms with Crippen LogP contribution in [-0.4, -0.2) is 12.5 Å². The Morgan fingerprint density at radius 1 is 1.67 bits per heavy atom. The predicted octanol–water partition coefficient (Wildman–Crippen LogP) is 1.80. The normalized spacial score (nSPS) is 13.0. The van der Waals surface area contributed by atoms with E-state index in [2.05, 4.69) is 5.25 Å². The average Bonchev–Trinajstić information content (AvgIpc) is 1.35. The molecule has 0 aromatic rings. The molecule has 0 spiro atoms. The Morgan fingerprint density at radius 3 is 1.83 bits per heavy atom. The average molecular weight is 123 g/mol. The minimum atomic E-state index is -1.16. The van der Waals surface area contributed by atoms with Gasteiger partial charge < -0.3 is 0 Å². The van der Waals surface area contributed by atoms with Crippen LogP contribution in [0.4, 0.5) is 0 Å². The minimum Gasteiger partial charge on any atom is -0.109 e. The molecular formula is C4H7ClS. The number of terminal acetylenes is 1. The Balaban J connectivity index is 3.55. The SMILES string of the molecule is C#CS(C)(C)Cl. The molecule has 0 radical (unpaired) electrons. The molecule has 0 saturated heterocycles. The number of hydrogen-bond donors (Lipinski definition) is 0. The van der Waals surface area contributed by atoms with Gasteiger partial charge in [-0.2, -0.15) is 0 Å². The van der Waals surface area contributed by atoms with E-state index in [0.717, 1.165) is 0 Å². The van der Waals surface area contributed by atoms with Crippen LogP contribution < -0.4 is 0 Å². The molecule has 0 saturated carbocycles. The highest BCUT2D eigenvalue weighted by atomic mass is 35.7. The number of halogens is 1. The molecule has 0 aliphatic heterocycles. The molecule has 0 fully saturated rings. The van der Waals surface area contributed by atoms with E-state index < -0.39 is 9.24 Å². The van der Waals surface area contributed by atoms with E-state index >= 15 is 0 Å². The fourth-order valence-electron chi connectivity index (χ4n) is 0. The summed E-state index contributed by atoms with van der Waals surface area (Å²) < 4.78 is 0. The van der Waals surface area contributed by atoms with Crippen molar-refractivity contribution in [3.63, 3.8) is 0 Å². The van der Waals surface area contributed by atoms with Crippen LogP contribution in [0.25, 0.3) is 0 Å². The summed E-state index contributed by atoms with van der Waals surface area (Å²) in [5.74, 6) is 0. The molecular weight excluding hydrogens is 116 g/mol. The van der Waals surface area contributed by atoms with E-state index in [9.17, 15) is 0 Å². The summed E-state index contributed by atoms with van der Waals surface area (Å²) in [6.07, 6.45) is 8.67. The summed E-state index contributed by atoms with van der Waals surface area (Å²) in [4.78, 5) is 0. The number of rotatable bonds is 0. The fourth-order valence-corrected chi connectivity index (χ4v) is 0. The van der Waals surface area contributed by atoms with E-state index in [4.69, 9.17) is 17.1 Å². The first-order valence-corrected chi connectivity index (χ1v) is 4.74. The van der Waals surface area contributed by atoms with Crippen LogP contribution in [0.15, 0.2) is 0 Å². The monoisotopic (exact) mass is 122 g/mol. The molecule has 0 bridgehead atoms. The maximum Gasteiger partial charge on any atom is -0.0113 e. The zero-order chi connectivity index (χ0) is 5.21. The zero-order valence-corrected chi connectivity index (χ0v) is 5.44. The fraction of sp³-hybridized carbons (Fsp3) is 0.500. The topological polar surface area (TPSA) is 0 Å². The highest BCUT2D eigenvalue weighted by Crippen LogP contribution is 2.43. The van der Waals surface area contributed by atoms with Gasteiger partial charge in [0.05, 0.1) is 0 Å². The molecule has 0 amide bonds. The van der Waals surface area contributed by atoms with E-state index in [1.807, 2.05) is 12.5 Å². The molecule has 0 aliphatic rings. The Labute approximate surface area is 44.7 Å². The molecule has 6 heavy (non-hydrogen) atoms. The number of hydrogen-bond acceptors (Lipinski definition) is 0. The summed E-state index contributed by atoms with van der Waals surface area (Å²) in [7, 11) is 4.40. The third-order valence-electron chi connectivity index (χ3n) is 0.280. The quantitative estimate of drug-likeness (QED) is 0.430. The van der Waals surface area contributed by atoms with E-state index in [1.54, 1.807) is 0 Å². The van der Waals surface area contributed by atoms with Gasteiger partial charge in [0.1, 0.15) is 0 Å². The maximum atomic E-state index is 5.56. The standard InChI is InChI=1S/C4H7ClS/c1-4-6(2,3)5/h1H,2-3H3. The van der Waals surface area contributed by atoms with Crippen molar-refractivity contribution >= 4 is 19.9 Å². The molecule has 0 atom stereocenters. The van der Waals surface area contributed by atoms with Crippen molar-refractivity contribution in [2.75, 3.05) is 12.5 Å². The highest BCUT2D eigenvalue weighted by molar-refractivity contribution is 8.53. The van der Waals surface area contributed by atoms with Crippen molar-refractivity contribution in [2.45, 2.75) is 0 Å². The van der Waals surface area contributed by atoms with Gasteiger partial charge in [-0.05, 0) is 17.8 Å². The Hall–Kier alpha value is 0.200. The van der Waals surface area contributed by atoms with Crippen LogP contribution in [0, 0.1) is 11.7 Å². The van der Waals surface area contributed by atoms with Gasteiger partial charge in [0.15, 0.2) is 0 Å². The van der Waals surface area contributed by atoms with Crippen molar-refractivity contribution in [1.82, 2.24) is 0 Å². The van der Waals surface area contributed by atoms with Crippen LogP contribution in [0.3, 0.4) is 0 Å². The van der Waals surface area contributed by atoms with Gasteiger partial charge in [-0.25, -0.2) is 0 Å². The van der Waals surface area contributed by atoms with E-state index in [0.29, 0.717) is 0 Å². The summed E-state index contributed by atoms with van der Waals surface area (Å²) in [6.45, 7) is 0. The second kappa shape index (κ2) is 1.77. The largest absolute Gasteiger partial charge is 0.109 e. The molecule has 0 rings (SSSR count). The van der Waals surface area contributed by atoms with Gasteiger partial charge in [0, 0.05) is 0 Å². The highest BCUT2D eigenvalue weighted by Gasteiger charge is 1.96. The first-order valence-electron chi connectivity index (χ1n) is 1.46. The maximum absolute atomic E-state index is 5.56. The van der Waals surface area contributed by atoms with Gasteiger partial charge in [-0.15, -0.1) is 15.7 Å². The van der Waals surface area contributed by atoms with Crippen molar-refractivity contribution < 1.29 is 0 Å². The Morgan fingerprint density at radius 2 is 1.83 bits per heavy atom. The molecule has 0 aromatic heterocycles. The van der Waals surface area contributed by atoms with Crippen LogP contribution in [-0.2, 0) is 0 Å². The van der Waals surface area contributed by atoms with Gasteiger partial charge in [-0.3, -0.25) is 0 Å². The van der Waals surface area contributed by atoms with Crippen LogP contribution >= 0.6 is 19.9 Å². The summed E-state index contributed by atoms with van der Waals surface area (Å²) in [5.41, 5.74) is 0. The second-order valence-electron chi connectivity index (χ2n) is 1.32. The van der Waals surface area contributed by atoms with Gasteiger partial charge in [0.25, 0.3) is 0 Å². The third-order valence-corrected chi connectivity index (χ3v) is 1.11. The molecule has 0 nitrogen and oxygen atoms in total. The lowest BCUT2D eigenvalue weighted by Crippen LogP contribution is -1.73. The molecule has 0 aliphatic carbocycles. The molecule has 36 valence electrons. The molecule has 0 aromatic carbocycles. The predicted molar refractivity (Wildman–Crippen MR) is 34.1 cm³/mol. The van der Waals surface area contributed by atoms with Crippen molar-refractivity contribution in [1.29, 1.82) is 0 Å². The zero-order valence-electron chi connectivity index (χ0n) is 3.86. The van der Waals surface area contributed by atoms with Crippen LogP contribution in [0.2, 0.25) is 0 Å². The minimum absolute atomic E-state index is 1.16. The van der Waals surface area contributed by atoms with Crippen molar-refractivity contribution in [3.8, 4) is 11.7 Å². The first-order chi connectivity index (χ1) is 2.56. The Bertz CT molecular complexity index is 74.5. The summed E-state index contributed by atoms with van der Waals surface area (Å²) >= 11 is 0. The molecule has 0 heterocycles. The third kappa shape index (κ3) is 4.20. The molecule has 0 unspecified atom stereocenters. The van der Waals surface area contributed by atoms with Crippen molar-refractivity contribution in [2.24, 2.45) is 0 Å². The van der Waals surface area contributed by atoms with Crippen LogP contribution in [0.5, 0.6) is 0 Å². The van der Waals surface area contributed by atoms with Gasteiger partial charge in [0.2, 0.25) is 0 Å². The lowest BCUT2D eigenvalue weighted by molar-refractivity contribution is 2.29. The van der Waals surface area contributed by atoms with Crippen molar-refractivity contribution in [3.05, 3.63) is 0 Å². The Kier molecular flexibility index (Phi) is 1.83. The lowest BCUT2D eigenvalue weighted by Gasteiger charge is -2.09. The first kappa shape index (κ1) is 6.20. The smallest absolute Gasteiger partial charge is 0.0113 e. The van der Waals surface area contributed by atoms with Gasteiger partial charge in [-0.1, -0.05) is 10.7 Å². The molecule has 0 N–H and O–H groups in total. The van der Waals surface area contributed by atoms with E-state index in [1.165, 1.54) is 0 Å². The van der Waals surface area contributed by atoms with Gasteiger partial charge >= 0.3 is 0 Å². The second-order valence-corrected chi connectivity index (χ2v) is 6.27. The molecule has 2 heteroatoms. The summed E-state index contributed by atoms with van der Waals surface area (Å²) in [5, 5.41) is 2.45. The van der Waals surface area contributed by atoms with Crippen LogP contribution in [0.1, 0.15) is 0 Å². The van der Waals surface area contributed by atoms with E-state index in [-0.39, 0.29) is 0 Å². The lowest BCUT2D eigenvalue weighted by atomic mass is 11.4.